The van der Waals surface area contributed by atoms with Crippen LogP contribution in [-0.4, -0.2) is 31.1 Å². The SMILES string of the molecule is COc1cccc(C(=O)N2CCCCN2c2ccc(C#N)c3ccccc23)c1. The standard InChI is InChI=1S/C23H21N3O2/c1-28-19-8-6-7-17(15-19)23(27)26-14-5-4-13-25(26)22-12-11-18(16-24)20-9-2-3-10-21(20)22/h2-3,6-12,15H,4-5,13-14H2,1H3. The third-order valence-electron chi connectivity index (χ3n) is 5.13. The molecule has 3 aromatic rings. The number of rotatable bonds is 3. The average Bonchev–Trinajstić information content (AvgIpc) is 2.78. The molecule has 0 N–H and O–H groups in total. The van der Waals surface area contributed by atoms with Gasteiger partial charge < -0.3 is 4.74 Å². The van der Waals surface area contributed by atoms with Gasteiger partial charge in [-0.15, -0.1) is 0 Å². The zero-order chi connectivity index (χ0) is 19.5. The molecule has 1 aliphatic rings. The number of fused-ring (bicyclic) bond motifs is 1. The van der Waals surface area contributed by atoms with Crippen molar-refractivity contribution in [2.45, 2.75) is 12.8 Å². The van der Waals surface area contributed by atoms with Crippen LogP contribution in [0.3, 0.4) is 0 Å². The van der Waals surface area contributed by atoms with Crippen LogP contribution in [0.4, 0.5) is 5.69 Å². The van der Waals surface area contributed by atoms with E-state index in [2.05, 4.69) is 11.1 Å². The van der Waals surface area contributed by atoms with Crippen LogP contribution >= 0.6 is 0 Å². The van der Waals surface area contributed by atoms with E-state index in [0.717, 1.165) is 35.8 Å². The molecule has 0 saturated carbocycles. The summed E-state index contributed by atoms with van der Waals surface area (Å²) in [6.07, 6.45) is 1.97. The predicted octanol–water partition coefficient (Wildman–Crippen LogP) is 4.38. The molecule has 1 heterocycles. The second kappa shape index (κ2) is 7.61. The molecule has 0 atom stereocenters. The van der Waals surface area contributed by atoms with Gasteiger partial charge in [0.15, 0.2) is 0 Å². The number of hydrogen-bond donors (Lipinski definition) is 0. The third kappa shape index (κ3) is 3.14. The molecule has 1 aliphatic heterocycles. The minimum absolute atomic E-state index is 0.0490. The molecule has 4 rings (SSSR count). The Morgan fingerprint density at radius 3 is 2.57 bits per heavy atom. The van der Waals surface area contributed by atoms with E-state index in [1.54, 1.807) is 13.2 Å². The van der Waals surface area contributed by atoms with Gasteiger partial charge in [-0.05, 0) is 43.2 Å². The van der Waals surface area contributed by atoms with E-state index < -0.39 is 0 Å². The molecule has 140 valence electrons. The molecule has 0 aromatic heterocycles. The largest absolute Gasteiger partial charge is 0.497 e. The fraction of sp³-hybridized carbons (Fsp3) is 0.217. The molecular formula is C23H21N3O2. The van der Waals surface area contributed by atoms with Gasteiger partial charge in [-0.3, -0.25) is 9.80 Å². The molecule has 1 fully saturated rings. The Bertz CT molecular complexity index is 1070. The lowest BCUT2D eigenvalue weighted by Crippen LogP contribution is -2.50. The highest BCUT2D eigenvalue weighted by molar-refractivity contribution is 6.00. The maximum Gasteiger partial charge on any atom is 0.272 e. The van der Waals surface area contributed by atoms with Crippen LogP contribution in [0.5, 0.6) is 5.75 Å². The molecule has 1 saturated heterocycles. The first-order valence-corrected chi connectivity index (χ1v) is 9.38. The van der Waals surface area contributed by atoms with E-state index in [4.69, 9.17) is 4.74 Å². The predicted molar refractivity (Wildman–Crippen MR) is 109 cm³/mol. The van der Waals surface area contributed by atoms with Crippen molar-refractivity contribution >= 4 is 22.4 Å². The smallest absolute Gasteiger partial charge is 0.272 e. The quantitative estimate of drug-likeness (QED) is 0.686. The first-order valence-electron chi connectivity index (χ1n) is 9.38. The molecule has 1 amide bonds. The maximum absolute atomic E-state index is 13.3. The number of carbonyl (C=O) groups is 1. The van der Waals surface area contributed by atoms with Crippen molar-refractivity contribution < 1.29 is 9.53 Å². The first-order chi connectivity index (χ1) is 13.7. The number of ether oxygens (including phenoxy) is 1. The van der Waals surface area contributed by atoms with E-state index in [0.29, 0.717) is 23.4 Å². The lowest BCUT2D eigenvalue weighted by molar-refractivity contribution is 0.0704. The Balaban J connectivity index is 1.77. The highest BCUT2D eigenvalue weighted by atomic mass is 16.5. The second-order valence-corrected chi connectivity index (χ2v) is 6.78. The fourth-order valence-corrected chi connectivity index (χ4v) is 3.74. The number of anilines is 1. The van der Waals surface area contributed by atoms with Crippen LogP contribution in [0.1, 0.15) is 28.8 Å². The molecule has 0 unspecified atom stereocenters. The molecule has 5 heteroatoms. The summed E-state index contributed by atoms with van der Waals surface area (Å²) in [6, 6.07) is 21.1. The maximum atomic E-state index is 13.3. The lowest BCUT2D eigenvalue weighted by Gasteiger charge is -2.40. The van der Waals surface area contributed by atoms with Crippen LogP contribution in [0.2, 0.25) is 0 Å². The number of benzene rings is 3. The normalized spacial score (nSPS) is 14.0. The molecule has 5 nitrogen and oxygen atoms in total. The summed E-state index contributed by atoms with van der Waals surface area (Å²) in [6.45, 7) is 1.41. The average molecular weight is 371 g/mol. The third-order valence-corrected chi connectivity index (χ3v) is 5.13. The van der Waals surface area contributed by atoms with E-state index in [1.165, 1.54) is 0 Å². The zero-order valence-corrected chi connectivity index (χ0v) is 15.8. The number of methoxy groups -OCH3 is 1. The Hall–Kier alpha value is -3.52. The van der Waals surface area contributed by atoms with E-state index >= 15 is 0 Å². The molecular weight excluding hydrogens is 350 g/mol. The van der Waals surface area contributed by atoms with Gasteiger partial charge in [-0.1, -0.05) is 30.3 Å². The molecule has 3 aromatic carbocycles. The van der Waals surface area contributed by atoms with Gasteiger partial charge in [0.1, 0.15) is 5.75 Å². The summed E-state index contributed by atoms with van der Waals surface area (Å²) in [5, 5.41) is 15.2. The van der Waals surface area contributed by atoms with Crippen molar-refractivity contribution in [3.8, 4) is 11.8 Å². The van der Waals surface area contributed by atoms with E-state index in [1.807, 2.05) is 59.6 Å². The second-order valence-electron chi connectivity index (χ2n) is 6.78. The number of amides is 1. The summed E-state index contributed by atoms with van der Waals surface area (Å²) in [7, 11) is 1.60. The van der Waals surface area contributed by atoms with Gasteiger partial charge in [0.25, 0.3) is 5.91 Å². The Morgan fingerprint density at radius 2 is 1.79 bits per heavy atom. The van der Waals surface area contributed by atoms with Crippen molar-refractivity contribution in [2.24, 2.45) is 0 Å². The highest BCUT2D eigenvalue weighted by Crippen LogP contribution is 2.32. The van der Waals surface area contributed by atoms with Crippen LogP contribution in [0.25, 0.3) is 10.8 Å². The number of nitriles is 1. The van der Waals surface area contributed by atoms with Gasteiger partial charge >= 0.3 is 0 Å². The Labute approximate surface area is 164 Å². The lowest BCUT2D eigenvalue weighted by atomic mass is 10.0. The topological polar surface area (TPSA) is 56.6 Å². The minimum atomic E-state index is -0.0490. The molecule has 0 bridgehead atoms. The summed E-state index contributed by atoms with van der Waals surface area (Å²) >= 11 is 0. The summed E-state index contributed by atoms with van der Waals surface area (Å²) in [5.74, 6) is 0.616. The van der Waals surface area contributed by atoms with Gasteiger partial charge in [-0.2, -0.15) is 5.26 Å². The van der Waals surface area contributed by atoms with Crippen LogP contribution in [0, 0.1) is 11.3 Å². The van der Waals surface area contributed by atoms with Crippen LogP contribution in [-0.2, 0) is 0 Å². The molecule has 0 spiro atoms. The summed E-state index contributed by atoms with van der Waals surface area (Å²) in [5.41, 5.74) is 2.19. The fourth-order valence-electron chi connectivity index (χ4n) is 3.74. The van der Waals surface area contributed by atoms with Crippen LogP contribution < -0.4 is 9.75 Å². The number of nitrogens with zero attached hydrogens (tertiary/aromatic N) is 3. The van der Waals surface area contributed by atoms with Crippen molar-refractivity contribution in [3.05, 3.63) is 71.8 Å². The van der Waals surface area contributed by atoms with Gasteiger partial charge in [0.2, 0.25) is 0 Å². The highest BCUT2D eigenvalue weighted by Gasteiger charge is 2.27. The zero-order valence-electron chi connectivity index (χ0n) is 15.8. The van der Waals surface area contributed by atoms with E-state index in [9.17, 15) is 10.1 Å². The van der Waals surface area contributed by atoms with Gasteiger partial charge in [0, 0.05) is 29.4 Å². The molecule has 28 heavy (non-hydrogen) atoms. The summed E-state index contributed by atoms with van der Waals surface area (Å²) < 4.78 is 5.27. The van der Waals surface area contributed by atoms with Gasteiger partial charge in [-0.25, -0.2) is 5.01 Å². The Morgan fingerprint density at radius 1 is 1.00 bits per heavy atom. The van der Waals surface area contributed by atoms with E-state index in [-0.39, 0.29) is 5.91 Å². The van der Waals surface area contributed by atoms with Crippen molar-refractivity contribution in [1.82, 2.24) is 5.01 Å². The van der Waals surface area contributed by atoms with Crippen molar-refractivity contribution in [1.29, 1.82) is 5.26 Å². The van der Waals surface area contributed by atoms with Gasteiger partial charge in [0.05, 0.1) is 24.4 Å². The number of hydrogen-bond acceptors (Lipinski definition) is 4. The Kier molecular flexibility index (Phi) is 4.86. The number of carbonyl (C=O) groups excluding carboxylic acids is 1. The van der Waals surface area contributed by atoms with Crippen LogP contribution in [0.15, 0.2) is 60.7 Å². The number of hydrazine groups is 1. The minimum Gasteiger partial charge on any atom is -0.497 e. The monoisotopic (exact) mass is 371 g/mol. The first kappa shape index (κ1) is 17.9. The van der Waals surface area contributed by atoms with Crippen molar-refractivity contribution in [2.75, 3.05) is 25.2 Å². The molecule has 0 radical (unpaired) electrons. The summed E-state index contributed by atoms with van der Waals surface area (Å²) in [4.78, 5) is 13.3. The van der Waals surface area contributed by atoms with Crippen molar-refractivity contribution in [3.63, 3.8) is 0 Å². The molecule has 0 aliphatic carbocycles.